The number of primary amides is 1. The average molecular weight is 442 g/mol. The van der Waals surface area contributed by atoms with Crippen LogP contribution in [0.2, 0.25) is 0 Å². The van der Waals surface area contributed by atoms with Crippen LogP contribution in [-0.4, -0.2) is 36.8 Å². The molecule has 6 nitrogen and oxygen atoms in total. The standard InChI is InChI=1S/C22H25N3O3.C2H6S/c1-27-16-4-2-14(3-5-16)13-28-17-10-18-20(15-6-8-24-9-7-15)12-25-21(18)19(11-17)22(23)26;1-2-3/h2-5,10-12,15,24-25H,6-9,13H2,1H3,(H2,23,26);3H,2H2,1H3. The van der Waals surface area contributed by atoms with E-state index in [1.807, 2.05) is 43.5 Å². The smallest absolute Gasteiger partial charge is 0.250 e. The Balaban J connectivity index is 0.000000858. The highest BCUT2D eigenvalue weighted by Gasteiger charge is 2.21. The molecule has 0 aliphatic carbocycles. The molecule has 2 heterocycles. The van der Waals surface area contributed by atoms with E-state index in [0.29, 0.717) is 23.8 Å². The summed E-state index contributed by atoms with van der Waals surface area (Å²) < 4.78 is 11.2. The molecule has 1 saturated heterocycles. The van der Waals surface area contributed by atoms with E-state index in [-0.39, 0.29) is 0 Å². The minimum atomic E-state index is -0.460. The fraction of sp³-hybridized carbons (Fsp3) is 0.375. The number of thiol groups is 1. The van der Waals surface area contributed by atoms with Gasteiger partial charge in [0.05, 0.1) is 18.2 Å². The highest BCUT2D eigenvalue weighted by atomic mass is 32.1. The van der Waals surface area contributed by atoms with E-state index in [1.165, 1.54) is 5.56 Å². The second-order valence-electron chi connectivity index (χ2n) is 7.48. The molecule has 31 heavy (non-hydrogen) atoms. The first-order chi connectivity index (χ1) is 15.1. The molecule has 0 radical (unpaired) electrons. The topological polar surface area (TPSA) is 89.4 Å². The predicted molar refractivity (Wildman–Crippen MR) is 129 cm³/mol. The second kappa shape index (κ2) is 11.1. The van der Waals surface area contributed by atoms with Crippen LogP contribution in [0.25, 0.3) is 10.9 Å². The lowest BCUT2D eigenvalue weighted by atomic mass is 9.89. The van der Waals surface area contributed by atoms with Crippen molar-refractivity contribution in [1.82, 2.24) is 10.3 Å². The molecule has 2 aromatic carbocycles. The molecule has 0 unspecified atom stereocenters. The Morgan fingerprint density at radius 3 is 2.45 bits per heavy atom. The zero-order valence-corrected chi connectivity index (χ0v) is 19.0. The van der Waals surface area contributed by atoms with Crippen LogP contribution >= 0.6 is 12.6 Å². The summed E-state index contributed by atoms with van der Waals surface area (Å²) in [5.74, 6) is 2.40. The maximum atomic E-state index is 12.0. The number of benzene rings is 2. The summed E-state index contributed by atoms with van der Waals surface area (Å²) in [4.78, 5) is 15.3. The molecule has 3 aromatic rings. The molecule has 1 aliphatic heterocycles. The van der Waals surface area contributed by atoms with Crippen LogP contribution in [0, 0.1) is 0 Å². The van der Waals surface area contributed by atoms with Gasteiger partial charge in [0.25, 0.3) is 5.91 Å². The number of aromatic amines is 1. The summed E-state index contributed by atoms with van der Waals surface area (Å²) in [5, 5.41) is 4.42. The number of hydrogen-bond donors (Lipinski definition) is 4. The number of H-pyrrole nitrogens is 1. The third kappa shape index (κ3) is 5.74. The summed E-state index contributed by atoms with van der Waals surface area (Å²) in [6, 6.07) is 11.5. The largest absolute Gasteiger partial charge is 0.497 e. The van der Waals surface area contributed by atoms with Crippen molar-refractivity contribution in [2.45, 2.75) is 32.3 Å². The van der Waals surface area contributed by atoms with E-state index >= 15 is 0 Å². The number of carbonyl (C=O) groups is 1. The number of nitrogens with two attached hydrogens (primary N) is 1. The van der Waals surface area contributed by atoms with Crippen LogP contribution in [0.1, 0.15) is 47.2 Å². The Labute approximate surface area is 188 Å². The number of rotatable bonds is 6. The van der Waals surface area contributed by atoms with Gasteiger partial charge in [-0.1, -0.05) is 19.1 Å². The van der Waals surface area contributed by atoms with Crippen LogP contribution in [0.3, 0.4) is 0 Å². The molecule has 0 saturated carbocycles. The van der Waals surface area contributed by atoms with Gasteiger partial charge in [-0.25, -0.2) is 0 Å². The van der Waals surface area contributed by atoms with Crippen LogP contribution in [0.15, 0.2) is 42.6 Å². The highest BCUT2D eigenvalue weighted by Crippen LogP contribution is 2.35. The number of nitrogens with one attached hydrogen (secondary N) is 2. The number of carbonyl (C=O) groups excluding carboxylic acids is 1. The average Bonchev–Trinajstić information content (AvgIpc) is 3.22. The number of fused-ring (bicyclic) bond motifs is 1. The van der Waals surface area contributed by atoms with Crippen molar-refractivity contribution in [3.05, 3.63) is 59.3 Å². The molecule has 1 fully saturated rings. The third-order valence-electron chi connectivity index (χ3n) is 5.40. The van der Waals surface area contributed by atoms with Crippen molar-refractivity contribution >= 4 is 29.4 Å². The molecule has 0 spiro atoms. The number of aromatic nitrogens is 1. The van der Waals surface area contributed by atoms with E-state index in [9.17, 15) is 4.79 Å². The lowest BCUT2D eigenvalue weighted by Crippen LogP contribution is -2.26. The normalized spacial score (nSPS) is 14.0. The first-order valence-electron chi connectivity index (χ1n) is 10.6. The van der Waals surface area contributed by atoms with Crippen LogP contribution in [-0.2, 0) is 6.61 Å². The first kappa shape index (κ1) is 23.0. The van der Waals surface area contributed by atoms with Gasteiger partial charge < -0.3 is 25.5 Å². The second-order valence-corrected chi connectivity index (χ2v) is 8.11. The Hall–Kier alpha value is -2.64. The molecule has 1 amide bonds. The first-order valence-corrected chi connectivity index (χ1v) is 11.2. The SMILES string of the molecule is CCS.COc1ccc(COc2cc(C(N)=O)c3[nH]cc(C4CCNCC4)c3c2)cc1. The van der Waals surface area contributed by atoms with Gasteiger partial charge in [-0.2, -0.15) is 12.6 Å². The van der Waals surface area contributed by atoms with E-state index in [4.69, 9.17) is 15.2 Å². The lowest BCUT2D eigenvalue weighted by Gasteiger charge is -2.22. The molecular formula is C24H31N3O3S. The van der Waals surface area contributed by atoms with E-state index in [1.54, 1.807) is 13.2 Å². The Morgan fingerprint density at radius 1 is 1.16 bits per heavy atom. The Morgan fingerprint density at radius 2 is 1.84 bits per heavy atom. The number of piperidine rings is 1. The zero-order chi connectivity index (χ0) is 22.2. The molecule has 4 N–H and O–H groups in total. The molecule has 0 atom stereocenters. The Bertz CT molecular complexity index is 995. The quantitative estimate of drug-likeness (QED) is 0.431. The molecule has 7 heteroatoms. The number of methoxy groups -OCH3 is 1. The van der Waals surface area contributed by atoms with Gasteiger partial charge in [-0.3, -0.25) is 4.79 Å². The number of hydrogen-bond acceptors (Lipinski definition) is 5. The van der Waals surface area contributed by atoms with Crippen molar-refractivity contribution in [3.8, 4) is 11.5 Å². The fourth-order valence-corrected chi connectivity index (χ4v) is 3.86. The van der Waals surface area contributed by atoms with Crippen molar-refractivity contribution in [2.75, 3.05) is 26.0 Å². The van der Waals surface area contributed by atoms with Crippen LogP contribution in [0.5, 0.6) is 11.5 Å². The molecular weight excluding hydrogens is 410 g/mol. The van der Waals surface area contributed by atoms with Crippen molar-refractivity contribution < 1.29 is 14.3 Å². The van der Waals surface area contributed by atoms with E-state index in [0.717, 1.165) is 53.9 Å². The third-order valence-corrected chi connectivity index (χ3v) is 5.40. The predicted octanol–water partition coefficient (Wildman–Crippen LogP) is 4.26. The van der Waals surface area contributed by atoms with Gasteiger partial charge in [0.2, 0.25) is 0 Å². The summed E-state index contributed by atoms with van der Waals surface area (Å²) in [5.41, 5.74) is 9.14. The molecule has 4 rings (SSSR count). The van der Waals surface area contributed by atoms with Crippen molar-refractivity contribution in [1.29, 1.82) is 0 Å². The van der Waals surface area contributed by atoms with Crippen molar-refractivity contribution in [2.24, 2.45) is 5.73 Å². The maximum Gasteiger partial charge on any atom is 0.250 e. The van der Waals surface area contributed by atoms with Gasteiger partial charge in [-0.05, 0) is 73.0 Å². The fourth-order valence-electron chi connectivity index (χ4n) is 3.86. The molecule has 166 valence electrons. The minimum Gasteiger partial charge on any atom is -0.497 e. The zero-order valence-electron chi connectivity index (χ0n) is 18.1. The van der Waals surface area contributed by atoms with Crippen LogP contribution in [0.4, 0.5) is 0 Å². The van der Waals surface area contributed by atoms with E-state index < -0.39 is 5.91 Å². The van der Waals surface area contributed by atoms with Gasteiger partial charge in [0.15, 0.2) is 0 Å². The van der Waals surface area contributed by atoms with Gasteiger partial charge in [0, 0.05) is 11.6 Å². The van der Waals surface area contributed by atoms with Gasteiger partial charge in [0.1, 0.15) is 18.1 Å². The maximum absolute atomic E-state index is 12.0. The molecule has 1 aromatic heterocycles. The molecule has 0 bridgehead atoms. The molecule has 1 aliphatic rings. The summed E-state index contributed by atoms with van der Waals surface area (Å²) in [6.07, 6.45) is 4.17. The number of ether oxygens (including phenoxy) is 2. The summed E-state index contributed by atoms with van der Waals surface area (Å²) in [7, 11) is 1.64. The summed E-state index contributed by atoms with van der Waals surface area (Å²) in [6.45, 7) is 4.41. The highest BCUT2D eigenvalue weighted by molar-refractivity contribution is 7.80. The van der Waals surface area contributed by atoms with Crippen LogP contribution < -0.4 is 20.5 Å². The number of amides is 1. The summed E-state index contributed by atoms with van der Waals surface area (Å²) >= 11 is 3.79. The van der Waals surface area contributed by atoms with E-state index in [2.05, 4.69) is 22.9 Å². The van der Waals surface area contributed by atoms with Gasteiger partial charge in [-0.15, -0.1) is 0 Å². The Kier molecular flexibility index (Phi) is 8.26. The lowest BCUT2D eigenvalue weighted by molar-refractivity contribution is 0.100. The minimum absolute atomic E-state index is 0.404. The van der Waals surface area contributed by atoms with Crippen molar-refractivity contribution in [3.63, 3.8) is 0 Å². The monoisotopic (exact) mass is 441 g/mol. The van der Waals surface area contributed by atoms with Gasteiger partial charge >= 0.3 is 0 Å².